The lowest BCUT2D eigenvalue weighted by atomic mass is 10.00. The first-order valence-corrected chi connectivity index (χ1v) is 16.7. The van der Waals surface area contributed by atoms with Crippen LogP contribution in [0.15, 0.2) is 6.33 Å². The topological polar surface area (TPSA) is 199 Å². The molecule has 0 spiro atoms. The van der Waals surface area contributed by atoms with E-state index in [0.717, 1.165) is 11.8 Å². The number of alkyl halides is 1. The first kappa shape index (κ1) is 36.1. The summed E-state index contributed by atoms with van der Waals surface area (Å²) in [6, 6.07) is -1.10. The predicted octanol–water partition coefficient (Wildman–Crippen LogP) is 3.03. The normalized spacial score (nSPS) is 22.7. The molecule has 2 aromatic heterocycles. The number of carbonyl (C=O) groups excluding carboxylic acids is 2. The molecule has 1 unspecified atom stereocenters. The number of halogens is 1. The highest BCUT2D eigenvalue weighted by Gasteiger charge is 2.46. The van der Waals surface area contributed by atoms with E-state index in [2.05, 4.69) is 20.0 Å². The van der Waals surface area contributed by atoms with Crippen molar-refractivity contribution >= 4 is 47.7 Å². The molecule has 1 aliphatic rings. The second-order valence-electron chi connectivity index (χ2n) is 11.4. The molecule has 6 atom stereocenters. The minimum absolute atomic E-state index is 0.0868. The number of imidazole rings is 1. The van der Waals surface area contributed by atoms with Crippen molar-refractivity contribution in [2.45, 2.75) is 79.0 Å². The SMILES string of the molecule is CCOc1nc(N)nc2c1ncn2[C@@H]1O[C@H](COP(=O)(N[C@@H](C)C(=O)OC(C)C)OCCSC(=O)C(C)(C)C)[C@@H](CF)[C@H]1O. The molecule has 1 fully saturated rings. The number of rotatable bonds is 15. The zero-order chi connectivity index (χ0) is 32.8. The molecule has 0 radical (unpaired) electrons. The summed E-state index contributed by atoms with van der Waals surface area (Å²) < 4.78 is 57.2. The second kappa shape index (κ2) is 15.3. The van der Waals surface area contributed by atoms with Gasteiger partial charge in [0.15, 0.2) is 22.5 Å². The monoisotopic (exact) mass is 664 g/mol. The van der Waals surface area contributed by atoms with Crippen molar-refractivity contribution in [3.8, 4) is 5.88 Å². The number of ether oxygens (including phenoxy) is 3. The van der Waals surface area contributed by atoms with Crippen LogP contribution < -0.4 is 15.6 Å². The maximum atomic E-state index is 14.2. The van der Waals surface area contributed by atoms with Crippen LogP contribution in [0.1, 0.15) is 54.7 Å². The highest BCUT2D eigenvalue weighted by Crippen LogP contribution is 2.46. The molecular formula is C26H42FN6O9PS. The minimum Gasteiger partial charge on any atom is -0.476 e. The van der Waals surface area contributed by atoms with Crippen LogP contribution in [0.4, 0.5) is 10.3 Å². The number of nitrogens with one attached hydrogen (secondary N) is 1. The summed E-state index contributed by atoms with van der Waals surface area (Å²) in [5.41, 5.74) is 5.71. The molecule has 3 heterocycles. The van der Waals surface area contributed by atoms with Crippen LogP contribution >= 0.6 is 19.5 Å². The molecule has 0 aliphatic carbocycles. The average molecular weight is 665 g/mol. The molecule has 1 saturated heterocycles. The van der Waals surface area contributed by atoms with Gasteiger partial charge in [0.05, 0.1) is 45.0 Å². The fourth-order valence-electron chi connectivity index (χ4n) is 4.12. The molecule has 15 nitrogen and oxygen atoms in total. The van der Waals surface area contributed by atoms with Crippen LogP contribution in [0, 0.1) is 11.3 Å². The largest absolute Gasteiger partial charge is 0.476 e. The van der Waals surface area contributed by atoms with E-state index in [0.29, 0.717) is 6.61 Å². The van der Waals surface area contributed by atoms with Crippen molar-refractivity contribution in [2.24, 2.45) is 11.3 Å². The van der Waals surface area contributed by atoms with E-state index in [9.17, 15) is 23.7 Å². The summed E-state index contributed by atoms with van der Waals surface area (Å²) in [5.74, 6) is -1.60. The Morgan fingerprint density at radius 2 is 1.98 bits per heavy atom. The van der Waals surface area contributed by atoms with Crippen molar-refractivity contribution in [3.05, 3.63) is 6.33 Å². The first-order valence-electron chi connectivity index (χ1n) is 14.2. The van der Waals surface area contributed by atoms with Crippen LogP contribution in [0.2, 0.25) is 0 Å². The van der Waals surface area contributed by atoms with E-state index in [1.165, 1.54) is 17.8 Å². The fraction of sp³-hybridized carbons (Fsp3) is 0.731. The van der Waals surface area contributed by atoms with Crippen LogP contribution in [-0.2, 0) is 32.7 Å². The molecule has 0 aromatic carbocycles. The third-order valence-corrected chi connectivity index (χ3v) is 9.28. The summed E-state index contributed by atoms with van der Waals surface area (Å²) in [7, 11) is -4.25. The second-order valence-corrected chi connectivity index (χ2v) is 14.2. The molecule has 4 N–H and O–H groups in total. The van der Waals surface area contributed by atoms with E-state index in [1.807, 2.05) is 0 Å². The Bertz CT molecular complexity index is 1340. The zero-order valence-electron chi connectivity index (χ0n) is 25.9. The van der Waals surface area contributed by atoms with E-state index in [-0.39, 0.29) is 40.5 Å². The highest BCUT2D eigenvalue weighted by molar-refractivity contribution is 8.13. The summed E-state index contributed by atoms with van der Waals surface area (Å²) in [4.78, 5) is 37.2. The number of esters is 1. The molecular weight excluding hydrogens is 622 g/mol. The summed E-state index contributed by atoms with van der Waals surface area (Å²) in [5, 5.41) is 13.5. The lowest BCUT2D eigenvalue weighted by Crippen LogP contribution is -2.37. The number of aliphatic hydroxyl groups excluding tert-OH is 1. The third kappa shape index (κ3) is 9.08. The van der Waals surface area contributed by atoms with Gasteiger partial charge in [-0.05, 0) is 27.7 Å². The van der Waals surface area contributed by atoms with Gasteiger partial charge in [-0.25, -0.2) is 14.6 Å². The maximum absolute atomic E-state index is 14.2. The molecule has 18 heteroatoms. The van der Waals surface area contributed by atoms with Gasteiger partial charge in [-0.3, -0.25) is 27.6 Å². The fourth-order valence-corrected chi connectivity index (χ4v) is 6.51. The number of nitrogens with two attached hydrogens (primary N) is 1. The number of thioether (sulfide) groups is 1. The molecule has 3 rings (SSSR count). The molecule has 248 valence electrons. The van der Waals surface area contributed by atoms with Crippen molar-refractivity contribution in [1.29, 1.82) is 0 Å². The number of aliphatic hydroxyl groups is 1. The number of fused-ring (bicyclic) bond motifs is 1. The third-order valence-electron chi connectivity index (χ3n) is 6.32. The molecule has 2 aromatic rings. The summed E-state index contributed by atoms with van der Waals surface area (Å²) in [6.45, 7) is 10.5. The summed E-state index contributed by atoms with van der Waals surface area (Å²) >= 11 is 1.01. The first-order chi connectivity index (χ1) is 20.6. The quantitative estimate of drug-likeness (QED) is 0.142. The van der Waals surface area contributed by atoms with E-state index >= 15 is 0 Å². The number of hydrogen-bond acceptors (Lipinski definition) is 14. The smallest absolute Gasteiger partial charge is 0.406 e. The van der Waals surface area contributed by atoms with Gasteiger partial charge in [-0.15, -0.1) is 0 Å². The van der Waals surface area contributed by atoms with Gasteiger partial charge in [0.25, 0.3) is 0 Å². The van der Waals surface area contributed by atoms with Crippen LogP contribution in [0.5, 0.6) is 5.88 Å². The Morgan fingerprint density at radius 1 is 1.27 bits per heavy atom. The Morgan fingerprint density at radius 3 is 2.59 bits per heavy atom. The Hall–Kier alpha value is -2.40. The predicted molar refractivity (Wildman–Crippen MR) is 161 cm³/mol. The number of aromatic nitrogens is 4. The number of nitrogens with zero attached hydrogens (tertiary/aromatic N) is 4. The van der Waals surface area contributed by atoms with Crippen molar-refractivity contribution in [3.63, 3.8) is 0 Å². The van der Waals surface area contributed by atoms with E-state index < -0.39 is 68.9 Å². The number of nitrogen functional groups attached to an aromatic ring is 1. The van der Waals surface area contributed by atoms with Gasteiger partial charge >= 0.3 is 13.7 Å². The van der Waals surface area contributed by atoms with Crippen LogP contribution in [0.3, 0.4) is 0 Å². The lowest BCUT2D eigenvalue weighted by molar-refractivity contribution is -0.149. The highest BCUT2D eigenvalue weighted by atomic mass is 32.2. The maximum Gasteiger partial charge on any atom is 0.406 e. The molecule has 0 amide bonds. The van der Waals surface area contributed by atoms with Crippen molar-refractivity contribution in [1.82, 2.24) is 24.6 Å². The number of carbonyl (C=O) groups is 2. The standard InChI is InChI=1S/C26H42FN6O9PS/c1-8-38-21-18-20(30-25(28)31-21)33(13-29-18)22-19(34)16(11-27)17(42-22)12-40-43(37,32-15(4)23(35)41-14(2)3)39-9-10-44-24(36)26(5,6)7/h13-17,19,22,34H,8-12H2,1-7H3,(H,32,37)(H2,28,30,31)/t15-,16+,17+,19+,22+,43?/m0/s1. The Balaban J connectivity index is 1.78. The average Bonchev–Trinajstić information content (AvgIpc) is 3.49. The van der Waals surface area contributed by atoms with Gasteiger partial charge in [-0.1, -0.05) is 32.5 Å². The van der Waals surface area contributed by atoms with Gasteiger partial charge in [0.1, 0.15) is 12.1 Å². The molecule has 44 heavy (non-hydrogen) atoms. The molecule has 0 bridgehead atoms. The van der Waals surface area contributed by atoms with Gasteiger partial charge in [0.2, 0.25) is 11.8 Å². The minimum atomic E-state index is -4.25. The zero-order valence-corrected chi connectivity index (χ0v) is 27.6. The Labute approximate surface area is 259 Å². The van der Waals surface area contributed by atoms with E-state index in [1.54, 1.807) is 41.5 Å². The van der Waals surface area contributed by atoms with Crippen LogP contribution in [0.25, 0.3) is 11.2 Å². The van der Waals surface area contributed by atoms with Gasteiger partial charge < -0.3 is 25.1 Å². The molecule has 1 aliphatic heterocycles. The van der Waals surface area contributed by atoms with E-state index in [4.69, 9.17) is 29.0 Å². The lowest BCUT2D eigenvalue weighted by Gasteiger charge is -2.25. The van der Waals surface area contributed by atoms with Gasteiger partial charge in [0, 0.05) is 17.1 Å². The van der Waals surface area contributed by atoms with Crippen molar-refractivity contribution < 1.29 is 46.9 Å². The summed E-state index contributed by atoms with van der Waals surface area (Å²) in [6.07, 6.45) is -2.73. The molecule has 0 saturated carbocycles. The number of anilines is 1. The van der Waals surface area contributed by atoms with Crippen molar-refractivity contribution in [2.75, 3.05) is 38.0 Å². The Kier molecular flexibility index (Phi) is 12.5. The van der Waals surface area contributed by atoms with Crippen LogP contribution in [-0.4, -0.2) is 92.3 Å². The number of hydrogen-bond donors (Lipinski definition) is 3. The van der Waals surface area contributed by atoms with Gasteiger partial charge in [-0.2, -0.15) is 9.97 Å².